The zero-order valence-corrected chi connectivity index (χ0v) is 6.23. The molecule has 0 aromatic heterocycles. The van der Waals surface area contributed by atoms with E-state index < -0.39 is 0 Å². The summed E-state index contributed by atoms with van der Waals surface area (Å²) < 4.78 is 0. The lowest BCUT2D eigenvalue weighted by molar-refractivity contribution is 0.285. The molecule has 3 heteroatoms. The third-order valence-electron chi connectivity index (χ3n) is 1.39. The van der Waals surface area contributed by atoms with E-state index in [-0.39, 0.29) is 0 Å². The molecule has 0 aliphatic carbocycles. The van der Waals surface area contributed by atoms with Gasteiger partial charge in [0, 0.05) is 30.7 Å². The summed E-state index contributed by atoms with van der Waals surface area (Å²) in [5.41, 5.74) is 0. The topological polar surface area (TPSA) is 34.3 Å². The molecule has 1 atom stereocenters. The van der Waals surface area contributed by atoms with Crippen LogP contribution >= 0.6 is 11.8 Å². The van der Waals surface area contributed by atoms with Gasteiger partial charge in [-0.2, -0.15) is 11.8 Å². The molecular formula is C6H12NOS. The summed E-state index contributed by atoms with van der Waals surface area (Å²) in [6.07, 6.45) is 0.911. The van der Waals surface area contributed by atoms with E-state index in [9.17, 15) is 0 Å². The number of aliphatic hydroxyl groups is 1. The SMILES string of the molecule is OCCC1C[N]CCS1. The van der Waals surface area contributed by atoms with Gasteiger partial charge in [-0.15, -0.1) is 0 Å². The maximum Gasteiger partial charge on any atom is 0.0442 e. The van der Waals surface area contributed by atoms with Gasteiger partial charge in [-0.1, -0.05) is 0 Å². The van der Waals surface area contributed by atoms with Crippen molar-refractivity contribution in [1.82, 2.24) is 5.32 Å². The van der Waals surface area contributed by atoms with Crippen LogP contribution in [0.2, 0.25) is 0 Å². The standard InChI is InChI=1S/C6H12NOS/c8-3-1-6-5-7-2-4-9-6/h6,8H,1-5H2. The predicted molar refractivity (Wildman–Crippen MR) is 39.8 cm³/mol. The quantitative estimate of drug-likeness (QED) is 0.599. The second-order valence-electron chi connectivity index (χ2n) is 2.13. The van der Waals surface area contributed by atoms with Gasteiger partial charge in [-0.3, -0.25) is 0 Å². The molecule has 0 saturated carbocycles. The van der Waals surface area contributed by atoms with Gasteiger partial charge in [-0.25, -0.2) is 5.32 Å². The van der Waals surface area contributed by atoms with Gasteiger partial charge in [0.1, 0.15) is 0 Å². The molecule has 1 N–H and O–H groups in total. The Morgan fingerprint density at radius 1 is 1.67 bits per heavy atom. The Morgan fingerprint density at radius 3 is 3.11 bits per heavy atom. The van der Waals surface area contributed by atoms with Gasteiger partial charge >= 0.3 is 0 Å². The zero-order valence-electron chi connectivity index (χ0n) is 5.42. The van der Waals surface area contributed by atoms with Crippen molar-refractivity contribution >= 4 is 11.8 Å². The summed E-state index contributed by atoms with van der Waals surface area (Å²) in [4.78, 5) is 0. The largest absolute Gasteiger partial charge is 0.396 e. The average Bonchev–Trinajstić information content (AvgIpc) is 1.91. The van der Waals surface area contributed by atoms with E-state index in [1.807, 2.05) is 11.8 Å². The summed E-state index contributed by atoms with van der Waals surface area (Å²) in [6.45, 7) is 2.27. The normalized spacial score (nSPS) is 28.3. The molecule has 1 radical (unpaired) electrons. The molecule has 1 heterocycles. The molecule has 9 heavy (non-hydrogen) atoms. The van der Waals surface area contributed by atoms with Crippen molar-refractivity contribution < 1.29 is 5.11 Å². The van der Waals surface area contributed by atoms with Gasteiger partial charge in [0.25, 0.3) is 0 Å². The summed E-state index contributed by atoms with van der Waals surface area (Å²) >= 11 is 1.93. The van der Waals surface area contributed by atoms with E-state index in [1.165, 1.54) is 0 Å². The van der Waals surface area contributed by atoms with Gasteiger partial charge in [0.05, 0.1) is 0 Å². The van der Waals surface area contributed by atoms with Crippen LogP contribution in [-0.4, -0.2) is 35.8 Å². The predicted octanol–water partition coefficient (Wildman–Crippen LogP) is 0.0886. The smallest absolute Gasteiger partial charge is 0.0442 e. The fourth-order valence-electron chi connectivity index (χ4n) is 0.891. The average molecular weight is 146 g/mol. The van der Waals surface area contributed by atoms with E-state index in [4.69, 9.17) is 5.11 Å². The molecule has 1 aliphatic heterocycles. The first kappa shape index (κ1) is 7.38. The minimum absolute atomic E-state index is 0.313. The molecule has 1 unspecified atom stereocenters. The third-order valence-corrected chi connectivity index (χ3v) is 2.66. The Morgan fingerprint density at radius 2 is 2.56 bits per heavy atom. The summed E-state index contributed by atoms with van der Waals surface area (Å²) in [6, 6.07) is 0. The van der Waals surface area contributed by atoms with Crippen LogP contribution in [0.25, 0.3) is 0 Å². The fraction of sp³-hybridized carbons (Fsp3) is 1.00. The van der Waals surface area contributed by atoms with Gasteiger partial charge in [-0.05, 0) is 6.42 Å². The minimum Gasteiger partial charge on any atom is -0.396 e. The Hall–Kier alpha value is 0.270. The van der Waals surface area contributed by atoms with Crippen LogP contribution < -0.4 is 5.32 Å². The molecule has 53 valence electrons. The van der Waals surface area contributed by atoms with Crippen LogP contribution in [0.3, 0.4) is 0 Å². The lowest BCUT2D eigenvalue weighted by atomic mass is 10.3. The van der Waals surface area contributed by atoms with Gasteiger partial charge in [0.15, 0.2) is 0 Å². The number of nitrogens with zero attached hydrogens (tertiary/aromatic N) is 1. The van der Waals surface area contributed by atoms with Crippen molar-refractivity contribution in [2.45, 2.75) is 11.7 Å². The Bertz CT molecular complexity index is 70.7. The molecule has 0 aromatic carbocycles. The molecule has 1 aliphatic rings. The highest BCUT2D eigenvalue weighted by Gasteiger charge is 2.12. The lowest BCUT2D eigenvalue weighted by Crippen LogP contribution is -2.27. The van der Waals surface area contributed by atoms with Crippen LogP contribution in [-0.2, 0) is 0 Å². The van der Waals surface area contributed by atoms with Crippen LogP contribution in [0.1, 0.15) is 6.42 Å². The van der Waals surface area contributed by atoms with Crippen LogP contribution in [0.15, 0.2) is 0 Å². The van der Waals surface area contributed by atoms with Crippen molar-refractivity contribution in [2.75, 3.05) is 25.4 Å². The first-order chi connectivity index (χ1) is 4.43. The van der Waals surface area contributed by atoms with E-state index in [0.717, 1.165) is 25.3 Å². The van der Waals surface area contributed by atoms with Gasteiger partial charge < -0.3 is 5.11 Å². The Labute approximate surface area is 60.0 Å². The maximum absolute atomic E-state index is 8.56. The van der Waals surface area contributed by atoms with Crippen LogP contribution in [0, 0.1) is 0 Å². The van der Waals surface area contributed by atoms with E-state index in [1.54, 1.807) is 0 Å². The number of hydrogen-bond donors (Lipinski definition) is 1. The van der Waals surface area contributed by atoms with Crippen molar-refractivity contribution in [2.24, 2.45) is 0 Å². The molecule has 0 bridgehead atoms. The molecule has 1 saturated heterocycles. The monoisotopic (exact) mass is 146 g/mol. The van der Waals surface area contributed by atoms with Crippen molar-refractivity contribution in [3.05, 3.63) is 0 Å². The highest BCUT2D eigenvalue weighted by Crippen LogP contribution is 2.16. The summed E-state index contributed by atoms with van der Waals surface area (Å²) in [7, 11) is 0. The van der Waals surface area contributed by atoms with E-state index >= 15 is 0 Å². The van der Waals surface area contributed by atoms with Crippen molar-refractivity contribution in [3.8, 4) is 0 Å². The number of aliphatic hydroxyl groups excluding tert-OH is 1. The first-order valence-corrected chi connectivity index (χ1v) is 4.34. The Balaban J connectivity index is 2.08. The first-order valence-electron chi connectivity index (χ1n) is 3.29. The molecule has 0 amide bonds. The Kier molecular flexibility index (Phi) is 3.40. The van der Waals surface area contributed by atoms with E-state index in [2.05, 4.69) is 5.32 Å². The summed E-state index contributed by atoms with van der Waals surface area (Å²) in [5, 5.41) is 13.4. The molecular weight excluding hydrogens is 134 g/mol. The highest BCUT2D eigenvalue weighted by atomic mass is 32.2. The second-order valence-corrected chi connectivity index (χ2v) is 3.54. The molecule has 0 aromatic rings. The van der Waals surface area contributed by atoms with Crippen molar-refractivity contribution in [1.29, 1.82) is 0 Å². The van der Waals surface area contributed by atoms with Gasteiger partial charge in [0.2, 0.25) is 0 Å². The molecule has 0 spiro atoms. The highest BCUT2D eigenvalue weighted by molar-refractivity contribution is 8.00. The molecule has 1 fully saturated rings. The fourth-order valence-corrected chi connectivity index (χ4v) is 1.94. The van der Waals surface area contributed by atoms with Crippen LogP contribution in [0.5, 0.6) is 0 Å². The maximum atomic E-state index is 8.56. The molecule has 2 nitrogen and oxygen atoms in total. The lowest BCUT2D eigenvalue weighted by Gasteiger charge is -2.19. The number of hydrogen-bond acceptors (Lipinski definition) is 2. The van der Waals surface area contributed by atoms with E-state index in [0.29, 0.717) is 11.9 Å². The minimum atomic E-state index is 0.313. The summed E-state index contributed by atoms with van der Waals surface area (Å²) in [5.74, 6) is 1.14. The van der Waals surface area contributed by atoms with Crippen LogP contribution in [0.4, 0.5) is 0 Å². The van der Waals surface area contributed by atoms with Crippen molar-refractivity contribution in [3.63, 3.8) is 0 Å². The number of thioether (sulfide) groups is 1. The number of rotatable bonds is 2. The molecule has 1 rings (SSSR count). The third kappa shape index (κ3) is 2.56. The zero-order chi connectivity index (χ0) is 6.53. The second kappa shape index (κ2) is 4.14.